The van der Waals surface area contributed by atoms with Crippen LogP contribution in [0.3, 0.4) is 0 Å². The quantitative estimate of drug-likeness (QED) is 0.537. The zero-order chi connectivity index (χ0) is 23.5. The minimum atomic E-state index is -3.34. The van der Waals surface area contributed by atoms with Crippen LogP contribution in [-0.2, 0) is 27.6 Å². The van der Waals surface area contributed by atoms with Gasteiger partial charge in [0.1, 0.15) is 5.69 Å². The van der Waals surface area contributed by atoms with Crippen molar-refractivity contribution in [3.05, 3.63) is 63.0 Å². The molecule has 1 N–H and O–H groups in total. The molecular formula is C22H26N4O4S2. The Morgan fingerprint density at radius 2 is 1.81 bits per heavy atom. The Balaban J connectivity index is 1.59. The van der Waals surface area contributed by atoms with Crippen LogP contribution in [0.4, 0.5) is 0 Å². The highest BCUT2D eigenvalue weighted by Crippen LogP contribution is 2.27. The van der Waals surface area contributed by atoms with Crippen molar-refractivity contribution in [2.45, 2.75) is 50.8 Å². The number of carbonyl (C=O) groups excluding carboxylic acids is 1. The number of thiazole rings is 1. The van der Waals surface area contributed by atoms with E-state index in [1.807, 2.05) is 13.8 Å². The lowest BCUT2D eigenvalue weighted by atomic mass is 10.1. The molecule has 1 aromatic carbocycles. The Kier molecular flexibility index (Phi) is 7.25. The molecule has 0 spiro atoms. The molecule has 0 bridgehead atoms. The van der Waals surface area contributed by atoms with Crippen molar-refractivity contribution in [1.82, 2.24) is 20.1 Å². The van der Waals surface area contributed by atoms with E-state index in [1.165, 1.54) is 34.2 Å². The minimum absolute atomic E-state index is 0.115. The topological polar surface area (TPSA) is 111 Å². The molecule has 0 atom stereocenters. The van der Waals surface area contributed by atoms with Crippen LogP contribution in [0, 0.1) is 13.8 Å². The Labute approximate surface area is 191 Å². The van der Waals surface area contributed by atoms with E-state index in [-0.39, 0.29) is 35.9 Å². The molecule has 170 valence electrons. The van der Waals surface area contributed by atoms with Crippen LogP contribution in [-0.4, -0.2) is 40.9 Å². The van der Waals surface area contributed by atoms with Crippen LogP contribution in [0.5, 0.6) is 0 Å². The highest BCUT2D eigenvalue weighted by atomic mass is 32.2. The summed E-state index contributed by atoms with van der Waals surface area (Å²) in [5.41, 5.74) is 2.00. The van der Waals surface area contributed by atoms with Crippen molar-refractivity contribution in [3.63, 3.8) is 0 Å². The zero-order valence-electron chi connectivity index (χ0n) is 18.5. The third-order valence-electron chi connectivity index (χ3n) is 4.89. The summed E-state index contributed by atoms with van der Waals surface area (Å²) in [6, 6.07) is 9.48. The van der Waals surface area contributed by atoms with Crippen molar-refractivity contribution in [1.29, 1.82) is 0 Å². The van der Waals surface area contributed by atoms with Crippen LogP contribution < -0.4 is 10.9 Å². The molecule has 0 unspecified atom stereocenters. The van der Waals surface area contributed by atoms with Gasteiger partial charge >= 0.3 is 0 Å². The first-order valence-electron chi connectivity index (χ1n) is 10.2. The van der Waals surface area contributed by atoms with Crippen molar-refractivity contribution in [2.75, 3.05) is 6.54 Å². The van der Waals surface area contributed by atoms with E-state index in [0.29, 0.717) is 11.3 Å². The van der Waals surface area contributed by atoms with Gasteiger partial charge in [0, 0.05) is 12.6 Å². The van der Waals surface area contributed by atoms with Gasteiger partial charge in [-0.25, -0.2) is 18.1 Å². The molecule has 3 rings (SSSR count). The van der Waals surface area contributed by atoms with Crippen LogP contribution in [0.1, 0.15) is 30.1 Å². The van der Waals surface area contributed by atoms with Gasteiger partial charge in [0.25, 0.3) is 5.56 Å². The maximum atomic E-state index is 12.3. The van der Waals surface area contributed by atoms with E-state index in [4.69, 9.17) is 0 Å². The molecule has 0 radical (unpaired) electrons. The highest BCUT2D eigenvalue weighted by molar-refractivity contribution is 7.92. The molecule has 0 aliphatic carbocycles. The summed E-state index contributed by atoms with van der Waals surface area (Å²) < 4.78 is 25.7. The Morgan fingerprint density at radius 3 is 2.41 bits per heavy atom. The minimum Gasteiger partial charge on any atom is -0.354 e. The smallest absolute Gasteiger partial charge is 0.266 e. The highest BCUT2D eigenvalue weighted by Gasteiger charge is 2.19. The molecule has 0 aliphatic rings. The van der Waals surface area contributed by atoms with Crippen molar-refractivity contribution in [2.24, 2.45) is 0 Å². The molecule has 2 heterocycles. The number of rotatable bonds is 8. The Hall–Kier alpha value is -2.85. The summed E-state index contributed by atoms with van der Waals surface area (Å²) in [4.78, 5) is 30.0. The number of nitrogens with zero attached hydrogens (tertiary/aromatic N) is 3. The lowest BCUT2D eigenvalue weighted by Crippen LogP contribution is -2.32. The first-order valence-corrected chi connectivity index (χ1v) is 12.6. The van der Waals surface area contributed by atoms with Crippen molar-refractivity contribution in [3.8, 4) is 10.6 Å². The van der Waals surface area contributed by atoms with Gasteiger partial charge in [-0.05, 0) is 51.5 Å². The van der Waals surface area contributed by atoms with E-state index in [1.54, 1.807) is 32.0 Å². The maximum Gasteiger partial charge on any atom is 0.266 e. The number of hydrogen-bond acceptors (Lipinski definition) is 7. The number of hydrogen-bond donors (Lipinski definition) is 1. The van der Waals surface area contributed by atoms with Gasteiger partial charge in [-0.3, -0.25) is 9.59 Å². The van der Waals surface area contributed by atoms with Gasteiger partial charge in [-0.15, -0.1) is 11.3 Å². The first-order chi connectivity index (χ1) is 15.1. The fourth-order valence-corrected chi connectivity index (χ4v) is 5.06. The molecule has 8 nitrogen and oxygen atoms in total. The normalized spacial score (nSPS) is 11.7. The van der Waals surface area contributed by atoms with E-state index in [0.717, 1.165) is 15.6 Å². The number of aryl methyl sites for hydroxylation is 2. The summed E-state index contributed by atoms with van der Waals surface area (Å²) >= 11 is 1.52. The SMILES string of the molecule is Cc1nc(C)c(-c2ccc(=O)n(CCNC(=O)Cc3ccc(S(=O)(=O)C(C)C)cc3)n2)s1. The largest absolute Gasteiger partial charge is 0.354 e. The van der Waals surface area contributed by atoms with E-state index in [9.17, 15) is 18.0 Å². The maximum absolute atomic E-state index is 12.3. The standard InChI is InChI=1S/C22H26N4O4S2/c1-14(2)32(29,30)18-7-5-17(6-8-18)13-20(27)23-11-12-26-21(28)10-9-19(25-26)22-15(3)24-16(4)31-22/h5-10,14H,11-13H2,1-4H3,(H,23,27). The van der Waals surface area contributed by atoms with Crippen LogP contribution >= 0.6 is 11.3 Å². The molecule has 3 aromatic rings. The second-order valence-electron chi connectivity index (χ2n) is 7.69. The van der Waals surface area contributed by atoms with E-state index >= 15 is 0 Å². The predicted octanol–water partition coefficient (Wildman–Crippen LogP) is 2.52. The van der Waals surface area contributed by atoms with Crippen molar-refractivity contribution < 1.29 is 13.2 Å². The second kappa shape index (κ2) is 9.74. The van der Waals surface area contributed by atoms with Gasteiger partial charge < -0.3 is 5.32 Å². The third kappa shape index (κ3) is 5.49. The molecular weight excluding hydrogens is 448 g/mol. The van der Waals surface area contributed by atoms with Crippen molar-refractivity contribution >= 4 is 27.1 Å². The molecule has 0 saturated carbocycles. The number of amides is 1. The fraction of sp³-hybridized carbons (Fsp3) is 0.364. The van der Waals surface area contributed by atoms with Gasteiger partial charge in [-0.2, -0.15) is 5.10 Å². The predicted molar refractivity (Wildman–Crippen MR) is 125 cm³/mol. The van der Waals surface area contributed by atoms with E-state index < -0.39 is 15.1 Å². The summed E-state index contributed by atoms with van der Waals surface area (Å²) in [6.45, 7) is 7.57. The summed E-state index contributed by atoms with van der Waals surface area (Å²) in [6.07, 6.45) is 0.115. The second-order valence-corrected chi connectivity index (χ2v) is 11.4. The van der Waals surface area contributed by atoms with Crippen LogP contribution in [0.25, 0.3) is 10.6 Å². The summed E-state index contributed by atoms with van der Waals surface area (Å²) in [5, 5.41) is 7.62. The van der Waals surface area contributed by atoms with Gasteiger partial charge in [-0.1, -0.05) is 12.1 Å². The molecule has 0 aliphatic heterocycles. The summed E-state index contributed by atoms with van der Waals surface area (Å²) in [7, 11) is -3.34. The number of benzene rings is 1. The number of aromatic nitrogens is 3. The van der Waals surface area contributed by atoms with E-state index in [2.05, 4.69) is 15.4 Å². The van der Waals surface area contributed by atoms with Crippen LogP contribution in [0.15, 0.2) is 46.1 Å². The molecule has 32 heavy (non-hydrogen) atoms. The molecule has 0 saturated heterocycles. The number of nitrogens with one attached hydrogen (secondary N) is 1. The molecule has 0 fully saturated rings. The monoisotopic (exact) mass is 474 g/mol. The summed E-state index contributed by atoms with van der Waals surface area (Å²) in [5.74, 6) is -0.220. The number of sulfone groups is 1. The van der Waals surface area contributed by atoms with Gasteiger partial charge in [0.05, 0.1) is 38.7 Å². The molecule has 2 aromatic heterocycles. The van der Waals surface area contributed by atoms with Crippen LogP contribution in [0.2, 0.25) is 0 Å². The zero-order valence-corrected chi connectivity index (χ0v) is 20.1. The Bertz CT molecular complexity index is 1280. The average Bonchev–Trinajstić information content (AvgIpc) is 3.07. The lowest BCUT2D eigenvalue weighted by Gasteiger charge is -2.10. The van der Waals surface area contributed by atoms with Gasteiger partial charge in [0.15, 0.2) is 9.84 Å². The average molecular weight is 475 g/mol. The Morgan fingerprint density at radius 1 is 1.12 bits per heavy atom. The van der Waals surface area contributed by atoms with Gasteiger partial charge in [0.2, 0.25) is 5.91 Å². The third-order valence-corrected chi connectivity index (χ3v) is 8.15. The molecule has 10 heteroatoms. The lowest BCUT2D eigenvalue weighted by molar-refractivity contribution is -0.120. The molecule has 1 amide bonds. The first kappa shape index (κ1) is 23.8. The number of carbonyl (C=O) groups is 1. The fourth-order valence-electron chi connectivity index (χ4n) is 3.12.